The molecule has 2 atom stereocenters. The second-order valence-electron chi connectivity index (χ2n) is 7.29. The number of β-lactam (4-membered cyclic amide) rings is 1. The molecule has 0 saturated carbocycles. The number of hydrogen-bond acceptors (Lipinski definition) is 5. The molecule has 1 heterocycles. The number of ether oxygens (including phenoxy) is 1. The summed E-state index contributed by atoms with van der Waals surface area (Å²) >= 11 is 1.21. The van der Waals surface area contributed by atoms with Crippen molar-refractivity contribution >= 4 is 35.4 Å². The van der Waals surface area contributed by atoms with E-state index >= 15 is 0 Å². The molecule has 8 heteroatoms. The van der Waals surface area contributed by atoms with E-state index in [-0.39, 0.29) is 30.1 Å². The number of amides is 1. The van der Waals surface area contributed by atoms with Crippen molar-refractivity contribution in [1.29, 1.82) is 0 Å². The largest absolute Gasteiger partial charge is 0.485 e. The summed E-state index contributed by atoms with van der Waals surface area (Å²) in [7, 11) is 0. The van der Waals surface area contributed by atoms with Crippen LogP contribution in [0.1, 0.15) is 22.0 Å². The Kier molecular flexibility index (Phi) is 6.84. The van der Waals surface area contributed by atoms with E-state index in [4.69, 9.17) is 4.74 Å². The van der Waals surface area contributed by atoms with Crippen LogP contribution in [0.2, 0.25) is 0 Å². The van der Waals surface area contributed by atoms with E-state index in [2.05, 4.69) is 0 Å². The van der Waals surface area contributed by atoms with Crippen molar-refractivity contribution in [2.75, 3.05) is 17.3 Å². The molecular formula is C25H18F2NO4S. The third kappa shape index (κ3) is 4.96. The molecule has 2 unspecified atom stereocenters. The molecule has 33 heavy (non-hydrogen) atoms. The Balaban J connectivity index is 1.55. The fourth-order valence-corrected chi connectivity index (χ4v) is 4.81. The zero-order valence-electron chi connectivity index (χ0n) is 17.2. The van der Waals surface area contributed by atoms with Gasteiger partial charge in [-0.05, 0) is 66.2 Å². The maximum absolute atomic E-state index is 13.4. The van der Waals surface area contributed by atoms with Crippen molar-refractivity contribution in [3.63, 3.8) is 0 Å². The third-order valence-electron chi connectivity index (χ3n) is 5.23. The first-order valence-electron chi connectivity index (χ1n) is 10.0. The summed E-state index contributed by atoms with van der Waals surface area (Å²) in [6.07, 6.45) is 1.65. The Morgan fingerprint density at radius 1 is 0.939 bits per heavy atom. The van der Waals surface area contributed by atoms with Crippen LogP contribution < -0.4 is 9.64 Å². The summed E-state index contributed by atoms with van der Waals surface area (Å²) in [6, 6.07) is 17.4. The molecule has 0 aromatic heterocycles. The molecule has 1 amide bonds. The molecule has 1 aliphatic heterocycles. The predicted octanol–water partition coefficient (Wildman–Crippen LogP) is 4.53. The zero-order valence-corrected chi connectivity index (χ0v) is 18.1. The monoisotopic (exact) mass is 466 g/mol. The van der Waals surface area contributed by atoms with Crippen LogP contribution in [0, 0.1) is 11.6 Å². The highest BCUT2D eigenvalue weighted by molar-refractivity contribution is 8.01. The predicted molar refractivity (Wildman–Crippen MR) is 121 cm³/mol. The number of carbonyl (C=O) groups excluding carboxylic acids is 3. The maximum atomic E-state index is 13.4. The Morgan fingerprint density at radius 3 is 2.15 bits per heavy atom. The normalized spacial score (nSPS) is 17.4. The van der Waals surface area contributed by atoms with Gasteiger partial charge in [0.1, 0.15) is 22.6 Å². The molecule has 1 aliphatic rings. The van der Waals surface area contributed by atoms with Gasteiger partial charge in [0.2, 0.25) is 12.2 Å². The van der Waals surface area contributed by atoms with Crippen molar-refractivity contribution in [2.45, 2.75) is 11.3 Å². The lowest BCUT2D eigenvalue weighted by molar-refractivity contribution is -0.123. The Hall–Kier alpha value is -3.52. The number of rotatable bonds is 9. The van der Waals surface area contributed by atoms with Gasteiger partial charge in [0.05, 0.1) is 11.8 Å². The van der Waals surface area contributed by atoms with E-state index in [1.54, 1.807) is 35.5 Å². The maximum Gasteiger partial charge on any atom is 0.243 e. The first-order chi connectivity index (χ1) is 16.0. The van der Waals surface area contributed by atoms with Crippen molar-refractivity contribution in [3.05, 3.63) is 95.6 Å². The number of halogens is 2. The lowest BCUT2D eigenvalue weighted by Crippen LogP contribution is -2.57. The summed E-state index contributed by atoms with van der Waals surface area (Å²) in [4.78, 5) is 37.5. The smallest absolute Gasteiger partial charge is 0.243 e. The molecule has 0 aliphatic carbocycles. The van der Waals surface area contributed by atoms with Gasteiger partial charge in [-0.15, -0.1) is 11.8 Å². The Labute approximate surface area is 193 Å². The minimum atomic E-state index is -0.533. The van der Waals surface area contributed by atoms with Crippen LogP contribution in [0.3, 0.4) is 0 Å². The quantitative estimate of drug-likeness (QED) is 0.343. The van der Waals surface area contributed by atoms with Crippen LogP contribution in [0.4, 0.5) is 14.5 Å². The van der Waals surface area contributed by atoms with Gasteiger partial charge < -0.3 is 9.64 Å². The number of ketones is 1. The molecular weight excluding hydrogens is 448 g/mol. The van der Waals surface area contributed by atoms with Crippen LogP contribution >= 0.6 is 11.8 Å². The van der Waals surface area contributed by atoms with Crippen LogP contribution in [-0.4, -0.2) is 35.6 Å². The van der Waals surface area contributed by atoms with Gasteiger partial charge in [0.15, 0.2) is 12.4 Å². The van der Waals surface area contributed by atoms with Crippen LogP contribution in [-0.2, 0) is 9.59 Å². The van der Waals surface area contributed by atoms with Crippen molar-refractivity contribution in [2.24, 2.45) is 0 Å². The highest BCUT2D eigenvalue weighted by atomic mass is 32.2. The van der Waals surface area contributed by atoms with Gasteiger partial charge in [-0.3, -0.25) is 14.4 Å². The van der Waals surface area contributed by atoms with Gasteiger partial charge in [-0.2, -0.15) is 0 Å². The fourth-order valence-electron chi connectivity index (χ4n) is 3.60. The minimum Gasteiger partial charge on any atom is -0.485 e. The summed E-state index contributed by atoms with van der Waals surface area (Å²) in [5.74, 6) is -0.710. The number of anilines is 1. The Bertz CT molecular complexity index is 1150. The topological polar surface area (TPSA) is 63.7 Å². The SMILES string of the molecule is O=[C]COc1ccc(C2C(SCC(=O)c3ccc(F)cc3)C(=O)N2c2ccc(F)cc2)cc1. The number of hydrogen-bond donors (Lipinski definition) is 0. The molecule has 5 nitrogen and oxygen atoms in total. The zero-order chi connectivity index (χ0) is 23.4. The highest BCUT2D eigenvalue weighted by Gasteiger charge is 2.49. The van der Waals surface area contributed by atoms with E-state index in [9.17, 15) is 23.2 Å². The van der Waals surface area contributed by atoms with E-state index in [0.29, 0.717) is 17.0 Å². The van der Waals surface area contributed by atoms with E-state index < -0.39 is 16.9 Å². The first kappa shape index (κ1) is 22.7. The molecule has 1 saturated heterocycles. The van der Waals surface area contributed by atoms with Gasteiger partial charge in [0, 0.05) is 11.3 Å². The van der Waals surface area contributed by atoms with Crippen molar-refractivity contribution < 1.29 is 27.9 Å². The molecule has 0 spiro atoms. The van der Waals surface area contributed by atoms with Gasteiger partial charge in [0.25, 0.3) is 0 Å². The molecule has 0 N–H and O–H groups in total. The minimum absolute atomic E-state index is 0.0478. The molecule has 4 rings (SSSR count). The first-order valence-corrected chi connectivity index (χ1v) is 11.1. The average molecular weight is 466 g/mol. The molecule has 3 aromatic carbocycles. The van der Waals surface area contributed by atoms with Crippen molar-refractivity contribution in [3.8, 4) is 5.75 Å². The van der Waals surface area contributed by atoms with Gasteiger partial charge in [-0.1, -0.05) is 12.1 Å². The van der Waals surface area contributed by atoms with E-state index in [1.165, 1.54) is 60.3 Å². The molecule has 3 aromatic rings. The summed E-state index contributed by atoms with van der Waals surface area (Å²) in [5.41, 5.74) is 1.72. The van der Waals surface area contributed by atoms with Crippen LogP contribution in [0.15, 0.2) is 72.8 Å². The lowest BCUT2D eigenvalue weighted by atomic mass is 9.92. The molecule has 0 bridgehead atoms. The van der Waals surface area contributed by atoms with E-state index in [1.807, 2.05) is 0 Å². The van der Waals surface area contributed by atoms with Gasteiger partial charge >= 0.3 is 0 Å². The molecule has 1 radical (unpaired) electrons. The van der Waals surface area contributed by atoms with E-state index in [0.717, 1.165) is 5.56 Å². The summed E-state index contributed by atoms with van der Waals surface area (Å²) in [5, 5.41) is -0.533. The summed E-state index contributed by atoms with van der Waals surface area (Å²) < 4.78 is 31.8. The number of benzene rings is 3. The standard InChI is InChI=1S/C25H18F2NO4S/c26-18-5-1-16(2-6-18)22(30)15-33-24-23(17-3-11-21(12-4-17)32-14-13-29)28(25(24)31)20-9-7-19(27)8-10-20/h1-12,23-24H,14-15H2. The average Bonchev–Trinajstić information content (AvgIpc) is 2.83. The fraction of sp³-hybridized carbons (Fsp3) is 0.160. The van der Waals surface area contributed by atoms with Crippen LogP contribution in [0.25, 0.3) is 0 Å². The molecule has 167 valence electrons. The molecule has 1 fully saturated rings. The lowest BCUT2D eigenvalue weighted by Gasteiger charge is -2.47. The van der Waals surface area contributed by atoms with Gasteiger partial charge in [-0.25, -0.2) is 8.78 Å². The number of thioether (sulfide) groups is 1. The number of carbonyl (C=O) groups is 2. The van der Waals surface area contributed by atoms with Crippen LogP contribution in [0.5, 0.6) is 5.75 Å². The summed E-state index contributed by atoms with van der Waals surface area (Å²) in [6.45, 7) is -0.188. The second kappa shape index (κ2) is 9.95. The van der Waals surface area contributed by atoms with Crippen molar-refractivity contribution in [1.82, 2.24) is 0 Å². The number of Topliss-reactive ketones (excluding diaryl/α,β-unsaturated/α-hetero) is 1. The Morgan fingerprint density at radius 2 is 1.55 bits per heavy atom. The third-order valence-corrected chi connectivity index (χ3v) is 6.48. The second-order valence-corrected chi connectivity index (χ2v) is 8.42. The highest BCUT2D eigenvalue weighted by Crippen LogP contribution is 2.45. The number of nitrogens with zero attached hydrogens (tertiary/aromatic N) is 1.